The molecule has 0 bridgehead atoms. The zero-order valence-corrected chi connectivity index (χ0v) is 14.4. The minimum atomic E-state index is -0.617. The van der Waals surface area contributed by atoms with Crippen LogP contribution in [-0.4, -0.2) is 28.2 Å². The molecule has 27 heavy (non-hydrogen) atoms. The number of pyridine rings is 1. The molecule has 0 fully saturated rings. The van der Waals surface area contributed by atoms with Crippen LogP contribution >= 0.6 is 0 Å². The molecule has 1 aromatic heterocycles. The van der Waals surface area contributed by atoms with E-state index in [1.807, 2.05) is 24.3 Å². The summed E-state index contributed by atoms with van der Waals surface area (Å²) in [7, 11) is 0. The molecule has 0 saturated carbocycles. The van der Waals surface area contributed by atoms with E-state index >= 15 is 0 Å². The van der Waals surface area contributed by atoms with E-state index in [9.17, 15) is 14.0 Å². The maximum Gasteiger partial charge on any atom is 0.254 e. The Morgan fingerprint density at radius 2 is 2.00 bits per heavy atom. The number of aromatic nitrogens is 1. The summed E-state index contributed by atoms with van der Waals surface area (Å²) in [5.74, 6) is -1.16. The summed E-state index contributed by atoms with van der Waals surface area (Å²) in [5.41, 5.74) is 8.41. The molecule has 134 valence electrons. The van der Waals surface area contributed by atoms with Gasteiger partial charge < -0.3 is 10.6 Å². The number of carbonyl (C=O) groups is 2. The monoisotopic (exact) mass is 361 g/mol. The van der Waals surface area contributed by atoms with Gasteiger partial charge in [-0.05, 0) is 40.6 Å². The standard InChI is InChI=1S/C21H16FN3O2/c1-12(20(23)26)10-25-11-18-16(21(25)27)6-4-13-2-3-14(8-17(13)18)19-7-5-15(22)9-24-19/h2-9H,1,10-11H2,(H2,23,26). The van der Waals surface area contributed by atoms with Crippen LogP contribution in [-0.2, 0) is 11.3 Å². The Kier molecular flexibility index (Phi) is 3.96. The van der Waals surface area contributed by atoms with Gasteiger partial charge in [0.1, 0.15) is 5.82 Å². The van der Waals surface area contributed by atoms with Crippen molar-refractivity contribution < 1.29 is 14.0 Å². The smallest absolute Gasteiger partial charge is 0.254 e. The van der Waals surface area contributed by atoms with Crippen LogP contribution in [0.4, 0.5) is 4.39 Å². The van der Waals surface area contributed by atoms with E-state index in [-0.39, 0.29) is 18.0 Å². The van der Waals surface area contributed by atoms with E-state index in [0.717, 1.165) is 21.9 Å². The number of hydrogen-bond acceptors (Lipinski definition) is 3. The van der Waals surface area contributed by atoms with Crippen molar-refractivity contribution in [3.8, 4) is 11.3 Å². The second-order valence-electron chi connectivity index (χ2n) is 6.52. The quantitative estimate of drug-likeness (QED) is 0.726. The first-order valence-corrected chi connectivity index (χ1v) is 8.38. The van der Waals surface area contributed by atoms with Gasteiger partial charge in [0.05, 0.1) is 18.4 Å². The third-order valence-corrected chi connectivity index (χ3v) is 4.75. The highest BCUT2D eigenvalue weighted by Crippen LogP contribution is 2.33. The summed E-state index contributed by atoms with van der Waals surface area (Å²) in [6, 6.07) is 12.5. The lowest BCUT2D eigenvalue weighted by molar-refractivity contribution is -0.114. The molecule has 0 aliphatic carbocycles. The Labute approximate surface area is 154 Å². The predicted octanol–water partition coefficient (Wildman–Crippen LogP) is 3.04. The molecule has 1 aliphatic heterocycles. The van der Waals surface area contributed by atoms with Crippen molar-refractivity contribution in [1.82, 2.24) is 9.88 Å². The summed E-state index contributed by atoms with van der Waals surface area (Å²) in [5, 5.41) is 1.92. The lowest BCUT2D eigenvalue weighted by atomic mass is 9.98. The van der Waals surface area contributed by atoms with Gasteiger partial charge in [-0.15, -0.1) is 0 Å². The molecule has 2 amide bonds. The highest BCUT2D eigenvalue weighted by Gasteiger charge is 2.29. The van der Waals surface area contributed by atoms with Crippen LogP contribution in [0.15, 0.2) is 60.8 Å². The molecule has 6 heteroatoms. The van der Waals surface area contributed by atoms with Gasteiger partial charge >= 0.3 is 0 Å². The maximum atomic E-state index is 13.1. The van der Waals surface area contributed by atoms with Crippen molar-refractivity contribution in [1.29, 1.82) is 0 Å². The molecule has 1 aliphatic rings. The Hall–Kier alpha value is -3.54. The number of carbonyl (C=O) groups excluding carboxylic acids is 2. The summed E-state index contributed by atoms with van der Waals surface area (Å²) in [6.45, 7) is 4.10. The minimum absolute atomic E-state index is 0.101. The highest BCUT2D eigenvalue weighted by molar-refractivity contribution is 6.05. The first-order valence-electron chi connectivity index (χ1n) is 8.38. The zero-order valence-electron chi connectivity index (χ0n) is 14.4. The van der Waals surface area contributed by atoms with Crippen LogP contribution in [0.1, 0.15) is 15.9 Å². The van der Waals surface area contributed by atoms with Crippen molar-refractivity contribution in [3.63, 3.8) is 0 Å². The van der Waals surface area contributed by atoms with Crippen molar-refractivity contribution >= 4 is 22.6 Å². The van der Waals surface area contributed by atoms with E-state index in [4.69, 9.17) is 5.73 Å². The predicted molar refractivity (Wildman–Crippen MR) is 100 cm³/mol. The van der Waals surface area contributed by atoms with E-state index in [0.29, 0.717) is 17.8 Å². The van der Waals surface area contributed by atoms with E-state index < -0.39 is 11.7 Å². The summed E-state index contributed by atoms with van der Waals surface area (Å²) >= 11 is 0. The number of amides is 2. The van der Waals surface area contributed by atoms with Crippen LogP contribution in [0.25, 0.3) is 22.0 Å². The maximum absolute atomic E-state index is 13.1. The first-order chi connectivity index (χ1) is 12.9. The van der Waals surface area contributed by atoms with Gasteiger partial charge in [0.2, 0.25) is 5.91 Å². The van der Waals surface area contributed by atoms with E-state index in [1.54, 1.807) is 17.0 Å². The summed E-state index contributed by atoms with van der Waals surface area (Å²) in [4.78, 5) is 29.6. The number of benzene rings is 2. The number of nitrogens with zero attached hydrogens (tertiary/aromatic N) is 2. The molecule has 2 heterocycles. The Bertz CT molecular complexity index is 1110. The molecule has 0 saturated heterocycles. The van der Waals surface area contributed by atoms with Gasteiger partial charge in [-0.2, -0.15) is 0 Å². The number of rotatable bonds is 4. The molecule has 2 aromatic carbocycles. The van der Waals surface area contributed by atoms with Crippen LogP contribution in [0.3, 0.4) is 0 Å². The summed E-state index contributed by atoms with van der Waals surface area (Å²) < 4.78 is 13.1. The molecule has 0 atom stereocenters. The molecule has 4 rings (SSSR count). The Morgan fingerprint density at radius 1 is 1.22 bits per heavy atom. The molecule has 5 nitrogen and oxygen atoms in total. The topological polar surface area (TPSA) is 76.3 Å². The number of nitrogens with two attached hydrogens (primary N) is 1. The van der Waals surface area contributed by atoms with Gasteiger partial charge in [-0.1, -0.05) is 24.8 Å². The summed E-state index contributed by atoms with van der Waals surface area (Å²) in [6.07, 6.45) is 1.18. The molecule has 0 spiro atoms. The van der Waals surface area contributed by atoms with Crippen LogP contribution in [0.5, 0.6) is 0 Å². The molecule has 0 radical (unpaired) electrons. The lowest BCUT2D eigenvalue weighted by Gasteiger charge is -2.15. The first kappa shape index (κ1) is 16.9. The molecule has 3 aromatic rings. The largest absolute Gasteiger partial charge is 0.366 e. The average Bonchev–Trinajstić information content (AvgIpc) is 2.98. The van der Waals surface area contributed by atoms with E-state index in [2.05, 4.69) is 11.6 Å². The highest BCUT2D eigenvalue weighted by atomic mass is 19.1. The Morgan fingerprint density at radius 3 is 2.70 bits per heavy atom. The van der Waals surface area contributed by atoms with Crippen molar-refractivity contribution in [3.05, 3.63) is 77.8 Å². The number of primary amides is 1. The third kappa shape index (κ3) is 2.95. The van der Waals surface area contributed by atoms with Gasteiger partial charge in [0.25, 0.3) is 5.91 Å². The van der Waals surface area contributed by atoms with Gasteiger partial charge in [0.15, 0.2) is 0 Å². The minimum Gasteiger partial charge on any atom is -0.366 e. The van der Waals surface area contributed by atoms with Crippen LogP contribution < -0.4 is 5.73 Å². The number of fused-ring (bicyclic) bond motifs is 3. The third-order valence-electron chi connectivity index (χ3n) is 4.75. The van der Waals surface area contributed by atoms with Crippen LogP contribution in [0.2, 0.25) is 0 Å². The molecular formula is C21H16FN3O2. The molecule has 0 unspecified atom stereocenters. The van der Waals surface area contributed by atoms with Gasteiger partial charge in [-0.25, -0.2) is 4.39 Å². The fourth-order valence-corrected chi connectivity index (χ4v) is 3.33. The molecular weight excluding hydrogens is 345 g/mol. The van der Waals surface area contributed by atoms with Crippen molar-refractivity contribution in [2.75, 3.05) is 6.54 Å². The number of halogens is 1. The second kappa shape index (κ2) is 6.32. The number of hydrogen-bond donors (Lipinski definition) is 1. The van der Waals surface area contributed by atoms with E-state index in [1.165, 1.54) is 12.3 Å². The van der Waals surface area contributed by atoms with Crippen LogP contribution in [0, 0.1) is 5.82 Å². The average molecular weight is 361 g/mol. The fourth-order valence-electron chi connectivity index (χ4n) is 3.33. The Balaban J connectivity index is 1.76. The van der Waals surface area contributed by atoms with Gasteiger partial charge in [0, 0.05) is 23.2 Å². The molecule has 2 N–H and O–H groups in total. The second-order valence-corrected chi connectivity index (χ2v) is 6.52. The lowest BCUT2D eigenvalue weighted by Crippen LogP contribution is -2.30. The normalized spacial score (nSPS) is 13.1. The van der Waals surface area contributed by atoms with Gasteiger partial charge in [-0.3, -0.25) is 14.6 Å². The SMILES string of the molecule is C=C(CN1Cc2c(ccc3ccc(-c4ccc(F)cn4)cc23)C1=O)C(N)=O. The van der Waals surface area contributed by atoms with Crippen molar-refractivity contribution in [2.24, 2.45) is 5.73 Å². The fraction of sp³-hybridized carbons (Fsp3) is 0.0952. The van der Waals surface area contributed by atoms with Crippen molar-refractivity contribution in [2.45, 2.75) is 6.54 Å². The zero-order chi connectivity index (χ0) is 19.1.